The number of nitrogens with zero attached hydrogens (tertiary/aromatic N) is 3. The molecule has 2 heterocycles. The van der Waals surface area contributed by atoms with Crippen molar-refractivity contribution in [1.29, 1.82) is 0 Å². The van der Waals surface area contributed by atoms with Crippen LogP contribution < -0.4 is 27.2 Å². The molecule has 0 spiro atoms. The van der Waals surface area contributed by atoms with Gasteiger partial charge in [0.1, 0.15) is 5.82 Å². The number of nitrogens with two attached hydrogens (primary N) is 1. The molecule has 9 nitrogen and oxygen atoms in total. The van der Waals surface area contributed by atoms with Crippen LogP contribution in [-0.2, 0) is 11.3 Å². The molecule has 1 aliphatic heterocycles. The van der Waals surface area contributed by atoms with E-state index in [2.05, 4.69) is 15.2 Å². The molecule has 29 heavy (non-hydrogen) atoms. The third-order valence-corrected chi connectivity index (χ3v) is 5.18. The normalized spacial score (nSPS) is 14.9. The van der Waals surface area contributed by atoms with Gasteiger partial charge >= 0.3 is 5.69 Å². The van der Waals surface area contributed by atoms with Gasteiger partial charge < -0.3 is 20.7 Å². The first-order chi connectivity index (χ1) is 13.8. The molecule has 0 bridgehead atoms. The Bertz CT molecular complexity index is 785. The fourth-order valence-electron chi connectivity index (χ4n) is 3.26. The maximum absolute atomic E-state index is 12.6. The van der Waals surface area contributed by atoms with Gasteiger partial charge in [-0.05, 0) is 24.6 Å². The van der Waals surface area contributed by atoms with E-state index >= 15 is 0 Å². The van der Waals surface area contributed by atoms with E-state index in [0.717, 1.165) is 45.7 Å². The quantitative estimate of drug-likeness (QED) is 0.492. The molecule has 1 saturated heterocycles. The van der Waals surface area contributed by atoms with E-state index in [4.69, 9.17) is 22.7 Å². The molecule has 164 valence electrons. The third-order valence-electron chi connectivity index (χ3n) is 4.82. The van der Waals surface area contributed by atoms with Crippen LogP contribution >= 0.6 is 12.2 Å². The second kappa shape index (κ2) is 11.3. The molecule has 0 aliphatic carbocycles. The molecular weight excluding hydrogens is 392 g/mol. The number of morpholine rings is 1. The number of rotatable bonds is 9. The van der Waals surface area contributed by atoms with Crippen LogP contribution in [0.1, 0.15) is 33.6 Å². The maximum atomic E-state index is 12.6. The molecule has 1 aromatic rings. The fourth-order valence-corrected chi connectivity index (χ4v) is 3.53. The van der Waals surface area contributed by atoms with Crippen molar-refractivity contribution in [2.45, 2.75) is 40.2 Å². The molecule has 2 rings (SSSR count). The van der Waals surface area contributed by atoms with Crippen molar-refractivity contribution in [1.82, 2.24) is 19.8 Å². The lowest BCUT2D eigenvalue weighted by molar-refractivity contribution is 0.0389. The summed E-state index contributed by atoms with van der Waals surface area (Å²) < 4.78 is 6.79. The third kappa shape index (κ3) is 6.55. The molecule has 10 heteroatoms. The summed E-state index contributed by atoms with van der Waals surface area (Å²) in [5, 5.41) is 3.68. The Morgan fingerprint density at radius 1 is 1.31 bits per heavy atom. The summed E-state index contributed by atoms with van der Waals surface area (Å²) in [6.45, 7) is 11.9. The number of unbranched alkanes of at least 4 members (excludes halogenated alkanes) is 1. The van der Waals surface area contributed by atoms with E-state index in [1.165, 1.54) is 4.57 Å². The van der Waals surface area contributed by atoms with Gasteiger partial charge in [0.15, 0.2) is 10.8 Å². The molecule has 0 unspecified atom stereocenters. The molecule has 0 atom stereocenters. The Kier molecular flexibility index (Phi) is 9.12. The van der Waals surface area contributed by atoms with E-state index in [1.54, 1.807) is 4.90 Å². The Morgan fingerprint density at radius 2 is 2.00 bits per heavy atom. The first-order valence-corrected chi connectivity index (χ1v) is 10.7. The number of aromatic nitrogens is 2. The van der Waals surface area contributed by atoms with Crippen molar-refractivity contribution >= 4 is 28.8 Å². The highest BCUT2D eigenvalue weighted by molar-refractivity contribution is 7.80. The highest BCUT2D eigenvalue weighted by Gasteiger charge is 2.23. The number of thiocarbonyl (C=S) groups is 1. The number of aromatic amines is 1. The molecule has 1 aliphatic rings. The van der Waals surface area contributed by atoms with Gasteiger partial charge in [0.05, 0.1) is 13.2 Å². The summed E-state index contributed by atoms with van der Waals surface area (Å²) in [5.41, 5.74) is 5.51. The average Bonchev–Trinajstić information content (AvgIpc) is 2.67. The van der Waals surface area contributed by atoms with Gasteiger partial charge in [-0.15, -0.1) is 0 Å². The summed E-state index contributed by atoms with van der Waals surface area (Å²) in [6.07, 6.45) is 1.71. The van der Waals surface area contributed by atoms with Crippen molar-refractivity contribution < 1.29 is 4.74 Å². The first-order valence-electron chi connectivity index (χ1n) is 10.3. The first kappa shape index (κ1) is 23.4. The second-order valence-electron chi connectivity index (χ2n) is 7.69. The van der Waals surface area contributed by atoms with Gasteiger partial charge in [0.2, 0.25) is 0 Å². The van der Waals surface area contributed by atoms with Crippen LogP contribution in [0.15, 0.2) is 9.59 Å². The van der Waals surface area contributed by atoms with E-state index in [9.17, 15) is 9.59 Å². The number of nitrogen functional groups attached to an aromatic ring is 1. The summed E-state index contributed by atoms with van der Waals surface area (Å²) in [7, 11) is 0. The monoisotopic (exact) mass is 426 g/mol. The Hall–Kier alpha value is -1.91. The van der Waals surface area contributed by atoms with Gasteiger partial charge in [-0.3, -0.25) is 19.2 Å². The summed E-state index contributed by atoms with van der Waals surface area (Å²) >= 11 is 5.60. The molecule has 1 fully saturated rings. The van der Waals surface area contributed by atoms with Crippen molar-refractivity contribution in [3.8, 4) is 0 Å². The average molecular weight is 427 g/mol. The number of nitrogens with one attached hydrogen (secondary N) is 2. The minimum atomic E-state index is -0.516. The van der Waals surface area contributed by atoms with Crippen molar-refractivity contribution in [2.24, 2.45) is 5.92 Å². The van der Waals surface area contributed by atoms with Crippen LogP contribution in [0.4, 0.5) is 11.5 Å². The minimum Gasteiger partial charge on any atom is -0.383 e. The van der Waals surface area contributed by atoms with Crippen molar-refractivity contribution in [3.63, 3.8) is 0 Å². The highest BCUT2D eigenvalue weighted by atomic mass is 32.1. The molecular formula is C19H34N6O3S. The zero-order valence-corrected chi connectivity index (χ0v) is 18.5. The Balaban J connectivity index is 2.21. The lowest BCUT2D eigenvalue weighted by atomic mass is 10.2. The lowest BCUT2D eigenvalue weighted by Gasteiger charge is -2.30. The van der Waals surface area contributed by atoms with Crippen LogP contribution in [0.5, 0.6) is 0 Å². The number of H-pyrrole nitrogens is 1. The van der Waals surface area contributed by atoms with Gasteiger partial charge in [-0.25, -0.2) is 4.79 Å². The molecule has 1 aromatic heterocycles. The van der Waals surface area contributed by atoms with Gasteiger partial charge in [-0.2, -0.15) is 0 Å². The predicted octanol–water partition coefficient (Wildman–Crippen LogP) is 0.588. The van der Waals surface area contributed by atoms with E-state index in [0.29, 0.717) is 24.7 Å². The van der Waals surface area contributed by atoms with Crippen LogP contribution in [0, 0.1) is 5.92 Å². The van der Waals surface area contributed by atoms with Crippen LogP contribution in [0.3, 0.4) is 0 Å². The van der Waals surface area contributed by atoms with Crippen LogP contribution in [0.25, 0.3) is 0 Å². The molecule has 4 N–H and O–H groups in total. The summed E-state index contributed by atoms with van der Waals surface area (Å²) in [6, 6.07) is 0. The summed E-state index contributed by atoms with van der Waals surface area (Å²) in [4.78, 5) is 31.3. The smallest absolute Gasteiger partial charge is 0.330 e. The van der Waals surface area contributed by atoms with Crippen LogP contribution in [0.2, 0.25) is 0 Å². The Labute approximate surface area is 177 Å². The topological polar surface area (TPSA) is 109 Å². The van der Waals surface area contributed by atoms with E-state index in [-0.39, 0.29) is 17.4 Å². The van der Waals surface area contributed by atoms with Crippen molar-refractivity contribution in [2.75, 3.05) is 56.6 Å². The van der Waals surface area contributed by atoms with Crippen LogP contribution in [-0.4, -0.2) is 65.5 Å². The molecule has 0 amide bonds. The molecule has 0 saturated carbocycles. The standard InChI is InChI=1S/C19H34N6O3S/c1-4-5-7-24-16(20)15(17(26)22-18(24)27)25(13-14(2)3)19(29)21-6-8-23-9-11-28-12-10-23/h14H,4-13,20H2,1-3H3,(H,21,29)(H,22,26,27). The molecule has 0 radical (unpaired) electrons. The Morgan fingerprint density at radius 3 is 2.62 bits per heavy atom. The largest absolute Gasteiger partial charge is 0.383 e. The van der Waals surface area contributed by atoms with E-state index in [1.807, 2.05) is 20.8 Å². The SMILES string of the molecule is CCCCn1c(N)c(N(CC(C)C)C(=S)NCCN2CCOCC2)c(=O)[nH]c1=O. The van der Waals surface area contributed by atoms with Gasteiger partial charge in [0, 0.05) is 39.3 Å². The van der Waals surface area contributed by atoms with Gasteiger partial charge in [0.25, 0.3) is 5.56 Å². The number of anilines is 2. The fraction of sp³-hybridized carbons (Fsp3) is 0.737. The zero-order chi connectivity index (χ0) is 21.4. The lowest BCUT2D eigenvalue weighted by Crippen LogP contribution is -2.49. The predicted molar refractivity (Wildman–Crippen MR) is 121 cm³/mol. The minimum absolute atomic E-state index is 0.158. The van der Waals surface area contributed by atoms with Crippen molar-refractivity contribution in [3.05, 3.63) is 20.8 Å². The molecule has 0 aromatic carbocycles. The second-order valence-corrected chi connectivity index (χ2v) is 8.08. The zero-order valence-electron chi connectivity index (χ0n) is 17.7. The number of hydrogen-bond donors (Lipinski definition) is 3. The summed E-state index contributed by atoms with van der Waals surface area (Å²) in [5.74, 6) is 0.397. The van der Waals surface area contributed by atoms with E-state index < -0.39 is 11.2 Å². The number of ether oxygens (including phenoxy) is 1. The maximum Gasteiger partial charge on any atom is 0.330 e. The number of hydrogen-bond acceptors (Lipinski definition) is 6. The van der Waals surface area contributed by atoms with Gasteiger partial charge in [-0.1, -0.05) is 27.2 Å². The highest BCUT2D eigenvalue weighted by Crippen LogP contribution is 2.19.